The Balaban J connectivity index is 1.79. The number of ether oxygens (including phenoxy) is 1. The topological polar surface area (TPSA) is 55.8 Å². The van der Waals surface area contributed by atoms with Crippen LogP contribution in [0.5, 0.6) is 5.75 Å². The van der Waals surface area contributed by atoms with Crippen molar-refractivity contribution in [3.05, 3.63) is 59.1 Å². The molecule has 2 aromatic carbocycles. The third-order valence-corrected chi connectivity index (χ3v) is 5.75. The fraction of sp³-hybridized carbons (Fsp3) is 0.235. The van der Waals surface area contributed by atoms with Gasteiger partial charge in [0, 0.05) is 18.7 Å². The Kier molecular flexibility index (Phi) is 5.58. The highest BCUT2D eigenvalue weighted by atomic mass is 35.5. The molecule has 1 aliphatic rings. The van der Waals surface area contributed by atoms with Crippen LogP contribution in [0.25, 0.3) is 0 Å². The number of nitrogens with zero attached hydrogens (tertiary/aromatic N) is 1. The maximum atomic E-state index is 12.3. The molecule has 0 saturated carbocycles. The van der Waals surface area contributed by atoms with E-state index in [4.69, 9.17) is 32.7 Å². The minimum absolute atomic E-state index is 0.0685. The molecule has 1 aliphatic heterocycles. The summed E-state index contributed by atoms with van der Waals surface area (Å²) in [6.45, 7) is 2.70. The van der Waals surface area contributed by atoms with Crippen molar-refractivity contribution in [2.45, 2.75) is 4.90 Å². The van der Waals surface area contributed by atoms with Gasteiger partial charge in [0.25, 0.3) is 0 Å². The number of hydrogen-bond acceptors (Lipinski definition) is 5. The molecule has 1 saturated heterocycles. The molecule has 2 aromatic rings. The first-order chi connectivity index (χ1) is 12.0. The fourth-order valence-corrected chi connectivity index (χ4v) is 3.95. The zero-order chi connectivity index (χ0) is 17.9. The second-order valence-corrected chi connectivity index (χ2v) is 7.74. The smallest absolute Gasteiger partial charge is 0.339 e. The summed E-state index contributed by atoms with van der Waals surface area (Å²) in [6.07, 6.45) is 0. The second-order valence-electron chi connectivity index (χ2n) is 5.40. The lowest BCUT2D eigenvalue weighted by atomic mass is 10.2. The summed E-state index contributed by atoms with van der Waals surface area (Å²) in [5.41, 5.74) is 0.742. The fourth-order valence-electron chi connectivity index (χ4n) is 2.40. The van der Waals surface area contributed by atoms with Crippen LogP contribution in [-0.4, -0.2) is 44.6 Å². The van der Waals surface area contributed by atoms with Crippen LogP contribution in [0.4, 0.5) is 0 Å². The highest BCUT2D eigenvalue weighted by molar-refractivity contribution is 7.87. The van der Waals surface area contributed by atoms with Crippen molar-refractivity contribution in [1.29, 1.82) is 0 Å². The van der Waals surface area contributed by atoms with Crippen molar-refractivity contribution in [2.24, 2.45) is 0 Å². The van der Waals surface area contributed by atoms with Crippen molar-refractivity contribution < 1.29 is 17.3 Å². The molecule has 0 amide bonds. The standard InChI is InChI=1S/C17H16ClNO4S2/c18-15-12-13(17(24)19-8-10-22-11-9-19)6-7-16(15)23-25(20,21)14-4-2-1-3-5-14/h1-7,12H,8-11H2. The van der Waals surface area contributed by atoms with Crippen molar-refractivity contribution in [1.82, 2.24) is 4.90 Å². The third-order valence-electron chi connectivity index (χ3n) is 3.71. The molecule has 3 rings (SSSR count). The van der Waals surface area contributed by atoms with Crippen LogP contribution in [0.15, 0.2) is 53.4 Å². The van der Waals surface area contributed by atoms with Crippen LogP contribution in [0.2, 0.25) is 5.02 Å². The van der Waals surface area contributed by atoms with E-state index in [1.807, 2.05) is 4.90 Å². The zero-order valence-electron chi connectivity index (χ0n) is 13.2. The van der Waals surface area contributed by atoms with Crippen molar-refractivity contribution in [2.75, 3.05) is 26.3 Å². The SMILES string of the molecule is O=S(=O)(Oc1ccc(C(=S)N2CCOCC2)cc1Cl)c1ccccc1. The van der Waals surface area contributed by atoms with E-state index in [-0.39, 0.29) is 15.7 Å². The molecule has 0 unspecified atom stereocenters. The van der Waals surface area contributed by atoms with Gasteiger partial charge in [-0.05, 0) is 30.3 Å². The van der Waals surface area contributed by atoms with Crippen LogP contribution >= 0.6 is 23.8 Å². The Morgan fingerprint density at radius 2 is 1.80 bits per heavy atom. The van der Waals surface area contributed by atoms with Gasteiger partial charge in [-0.15, -0.1) is 0 Å². The average molecular weight is 398 g/mol. The van der Waals surface area contributed by atoms with E-state index in [9.17, 15) is 8.42 Å². The molecule has 5 nitrogen and oxygen atoms in total. The van der Waals surface area contributed by atoms with Gasteiger partial charge in [-0.2, -0.15) is 8.42 Å². The summed E-state index contributed by atoms with van der Waals surface area (Å²) in [7, 11) is -3.93. The van der Waals surface area contributed by atoms with Crippen molar-refractivity contribution >= 4 is 38.9 Å². The van der Waals surface area contributed by atoms with Crippen LogP contribution in [-0.2, 0) is 14.9 Å². The monoisotopic (exact) mass is 397 g/mol. The molecular weight excluding hydrogens is 382 g/mol. The molecule has 0 aromatic heterocycles. The molecule has 0 radical (unpaired) electrons. The van der Waals surface area contributed by atoms with Gasteiger partial charge in [-0.1, -0.05) is 42.0 Å². The highest BCUT2D eigenvalue weighted by Crippen LogP contribution is 2.29. The number of thiocarbonyl (C=S) groups is 1. The molecule has 25 heavy (non-hydrogen) atoms. The van der Waals surface area contributed by atoms with E-state index < -0.39 is 10.1 Å². The second kappa shape index (κ2) is 7.70. The van der Waals surface area contributed by atoms with Crippen LogP contribution < -0.4 is 4.18 Å². The van der Waals surface area contributed by atoms with Crippen molar-refractivity contribution in [3.8, 4) is 5.75 Å². The van der Waals surface area contributed by atoms with E-state index in [0.717, 1.165) is 18.7 Å². The Labute approximate surface area is 157 Å². The maximum Gasteiger partial charge on any atom is 0.339 e. The first-order valence-electron chi connectivity index (χ1n) is 7.63. The van der Waals surface area contributed by atoms with Gasteiger partial charge in [0.15, 0.2) is 5.75 Å². The largest absolute Gasteiger partial charge is 0.378 e. The number of rotatable bonds is 4. The van der Waals surface area contributed by atoms with E-state index in [1.165, 1.54) is 18.2 Å². The maximum absolute atomic E-state index is 12.3. The first-order valence-corrected chi connectivity index (χ1v) is 9.83. The Morgan fingerprint density at radius 1 is 1.12 bits per heavy atom. The zero-order valence-corrected chi connectivity index (χ0v) is 15.6. The Hall–Kier alpha value is -1.67. The van der Waals surface area contributed by atoms with E-state index >= 15 is 0 Å². The van der Waals surface area contributed by atoms with Gasteiger partial charge in [0.05, 0.1) is 18.2 Å². The molecule has 1 fully saturated rings. The molecule has 0 aliphatic carbocycles. The van der Waals surface area contributed by atoms with E-state index in [0.29, 0.717) is 18.2 Å². The van der Waals surface area contributed by atoms with Crippen LogP contribution in [0.3, 0.4) is 0 Å². The quantitative estimate of drug-likeness (QED) is 0.583. The van der Waals surface area contributed by atoms with Gasteiger partial charge >= 0.3 is 10.1 Å². The lowest BCUT2D eigenvalue weighted by Gasteiger charge is -2.29. The molecule has 132 valence electrons. The molecule has 8 heteroatoms. The van der Waals surface area contributed by atoms with Crippen molar-refractivity contribution in [3.63, 3.8) is 0 Å². The summed E-state index contributed by atoms with van der Waals surface area (Å²) in [5.74, 6) is 0.0686. The lowest BCUT2D eigenvalue weighted by molar-refractivity contribution is 0.0693. The predicted molar refractivity (Wildman–Crippen MR) is 99.8 cm³/mol. The summed E-state index contributed by atoms with van der Waals surface area (Å²) in [6, 6.07) is 12.8. The molecule has 0 atom stereocenters. The Morgan fingerprint density at radius 3 is 2.44 bits per heavy atom. The number of halogens is 1. The van der Waals surface area contributed by atoms with Gasteiger partial charge < -0.3 is 13.8 Å². The summed E-state index contributed by atoms with van der Waals surface area (Å²) in [5, 5.41) is 0.188. The average Bonchev–Trinajstić information content (AvgIpc) is 2.64. The first kappa shape index (κ1) is 18.1. The summed E-state index contributed by atoms with van der Waals surface area (Å²) < 4.78 is 35.1. The normalized spacial score (nSPS) is 15.0. The third kappa shape index (κ3) is 4.30. The minimum atomic E-state index is -3.93. The number of morpholine rings is 1. The molecular formula is C17H16ClNO4S2. The minimum Gasteiger partial charge on any atom is -0.378 e. The van der Waals surface area contributed by atoms with Gasteiger partial charge in [-0.3, -0.25) is 0 Å². The van der Waals surface area contributed by atoms with E-state index in [2.05, 4.69) is 0 Å². The lowest BCUT2D eigenvalue weighted by Crippen LogP contribution is -2.40. The molecule has 0 bridgehead atoms. The number of benzene rings is 2. The molecule has 1 heterocycles. The van der Waals surface area contributed by atoms with Gasteiger partial charge in [0.2, 0.25) is 0 Å². The summed E-state index contributed by atoms with van der Waals surface area (Å²) in [4.78, 5) is 2.76. The Bertz CT molecular complexity index is 865. The van der Waals surface area contributed by atoms with Gasteiger partial charge in [-0.25, -0.2) is 0 Å². The predicted octanol–water partition coefficient (Wildman–Crippen LogP) is 3.12. The van der Waals surface area contributed by atoms with Gasteiger partial charge in [0.1, 0.15) is 9.88 Å². The number of hydrogen-bond donors (Lipinski definition) is 0. The van der Waals surface area contributed by atoms with E-state index in [1.54, 1.807) is 30.3 Å². The summed E-state index contributed by atoms with van der Waals surface area (Å²) >= 11 is 11.7. The molecule has 0 spiro atoms. The molecule has 0 N–H and O–H groups in total. The highest BCUT2D eigenvalue weighted by Gasteiger charge is 2.20. The van der Waals surface area contributed by atoms with Crippen LogP contribution in [0.1, 0.15) is 5.56 Å². The van der Waals surface area contributed by atoms with Crippen LogP contribution in [0, 0.1) is 0 Å².